The third-order valence-electron chi connectivity index (χ3n) is 4.85. The summed E-state index contributed by atoms with van der Waals surface area (Å²) >= 11 is 0. The molecule has 0 bridgehead atoms. The number of ether oxygens (including phenoxy) is 1. The highest BCUT2D eigenvalue weighted by Gasteiger charge is 2.18. The first-order chi connectivity index (χ1) is 12.1. The lowest BCUT2D eigenvalue weighted by Crippen LogP contribution is -2.38. The van der Waals surface area contributed by atoms with Gasteiger partial charge < -0.3 is 20.3 Å². The highest BCUT2D eigenvalue weighted by Crippen LogP contribution is 2.22. The number of urea groups is 1. The molecule has 25 heavy (non-hydrogen) atoms. The van der Waals surface area contributed by atoms with Crippen molar-refractivity contribution in [3.63, 3.8) is 0 Å². The lowest BCUT2D eigenvalue weighted by atomic mass is 10.1. The van der Waals surface area contributed by atoms with E-state index in [1.165, 1.54) is 5.56 Å². The first-order valence-electron chi connectivity index (χ1n) is 9.33. The van der Waals surface area contributed by atoms with Crippen molar-refractivity contribution in [1.29, 1.82) is 0 Å². The lowest BCUT2D eigenvalue weighted by Gasteiger charge is -2.32. The van der Waals surface area contributed by atoms with Crippen LogP contribution >= 0.6 is 0 Å². The Morgan fingerprint density at radius 2 is 1.84 bits per heavy atom. The van der Waals surface area contributed by atoms with E-state index in [9.17, 15) is 4.79 Å². The van der Waals surface area contributed by atoms with Gasteiger partial charge in [-0.25, -0.2) is 4.79 Å². The number of carbonyl (C=O) groups excluding carboxylic acids is 1. The van der Waals surface area contributed by atoms with Gasteiger partial charge in [-0.2, -0.15) is 0 Å². The molecule has 1 aliphatic rings. The van der Waals surface area contributed by atoms with Gasteiger partial charge >= 0.3 is 6.03 Å². The number of hydrogen-bond donors (Lipinski definition) is 2. The third kappa shape index (κ3) is 6.30. The van der Waals surface area contributed by atoms with Crippen molar-refractivity contribution in [1.82, 2.24) is 15.1 Å². The van der Waals surface area contributed by atoms with E-state index in [1.54, 1.807) is 0 Å². The van der Waals surface area contributed by atoms with Crippen LogP contribution in [0.1, 0.15) is 32.4 Å². The third-order valence-corrected chi connectivity index (χ3v) is 4.85. The zero-order chi connectivity index (χ0) is 18.1. The molecule has 0 aromatic heterocycles. The minimum atomic E-state index is -0.152. The second-order valence-electron chi connectivity index (χ2n) is 6.35. The van der Waals surface area contributed by atoms with Gasteiger partial charge in [0.1, 0.15) is 0 Å². The summed E-state index contributed by atoms with van der Waals surface area (Å²) in [7, 11) is 0. The fourth-order valence-electron chi connectivity index (χ4n) is 3.06. The second kappa shape index (κ2) is 10.4. The van der Waals surface area contributed by atoms with Crippen LogP contribution in [0.25, 0.3) is 0 Å². The number of rotatable bonds is 8. The Labute approximate surface area is 151 Å². The molecule has 6 nitrogen and oxygen atoms in total. The molecule has 2 amide bonds. The van der Waals surface area contributed by atoms with Crippen molar-refractivity contribution >= 4 is 11.7 Å². The zero-order valence-electron chi connectivity index (χ0n) is 15.8. The van der Waals surface area contributed by atoms with Crippen LogP contribution in [0.4, 0.5) is 10.5 Å². The summed E-state index contributed by atoms with van der Waals surface area (Å²) in [5.41, 5.74) is 2.08. The standard InChI is InChI=1S/C19H32N4O2/c1-4-22(5-2)11-10-20-19(24)21-18-8-6-17(7-9-18)16(3)23-12-14-25-15-13-23/h6-9,16H,4-5,10-15H2,1-3H3,(H2,20,21,24)/t16-/m1/s1. The van der Waals surface area contributed by atoms with E-state index in [2.05, 4.69) is 53.3 Å². The van der Waals surface area contributed by atoms with Crippen LogP contribution in [0.3, 0.4) is 0 Å². The molecule has 6 heteroatoms. The van der Waals surface area contributed by atoms with Gasteiger partial charge in [-0.15, -0.1) is 0 Å². The number of benzene rings is 1. The summed E-state index contributed by atoms with van der Waals surface area (Å²) in [5, 5.41) is 5.80. The average molecular weight is 348 g/mol. The van der Waals surface area contributed by atoms with E-state index in [1.807, 2.05) is 12.1 Å². The zero-order valence-corrected chi connectivity index (χ0v) is 15.8. The topological polar surface area (TPSA) is 56.8 Å². The smallest absolute Gasteiger partial charge is 0.319 e. The van der Waals surface area contributed by atoms with Crippen molar-refractivity contribution < 1.29 is 9.53 Å². The predicted octanol–water partition coefficient (Wildman–Crippen LogP) is 2.54. The maximum absolute atomic E-state index is 12.0. The molecule has 1 aliphatic heterocycles. The number of amides is 2. The summed E-state index contributed by atoms with van der Waals surface area (Å²) in [6.45, 7) is 13.5. The first-order valence-corrected chi connectivity index (χ1v) is 9.33. The predicted molar refractivity (Wildman–Crippen MR) is 102 cm³/mol. The Bertz CT molecular complexity index is 511. The van der Waals surface area contributed by atoms with E-state index >= 15 is 0 Å². The summed E-state index contributed by atoms with van der Waals surface area (Å²) in [6.07, 6.45) is 0. The fourth-order valence-corrected chi connectivity index (χ4v) is 3.06. The number of nitrogens with zero attached hydrogens (tertiary/aromatic N) is 2. The van der Waals surface area contributed by atoms with Crippen LogP contribution in [-0.2, 0) is 4.74 Å². The summed E-state index contributed by atoms with van der Waals surface area (Å²) in [5.74, 6) is 0. The molecule has 0 spiro atoms. The number of hydrogen-bond acceptors (Lipinski definition) is 4. The van der Waals surface area contributed by atoms with Crippen molar-refractivity contribution in [2.24, 2.45) is 0 Å². The quantitative estimate of drug-likeness (QED) is 0.758. The number of carbonyl (C=O) groups is 1. The number of likely N-dealkylation sites (N-methyl/N-ethyl adjacent to an activating group) is 1. The molecule has 1 fully saturated rings. The van der Waals surface area contributed by atoms with Crippen LogP contribution in [0, 0.1) is 0 Å². The number of morpholine rings is 1. The Hall–Kier alpha value is -1.63. The van der Waals surface area contributed by atoms with Crippen LogP contribution < -0.4 is 10.6 Å². The second-order valence-corrected chi connectivity index (χ2v) is 6.35. The van der Waals surface area contributed by atoms with Crippen molar-refractivity contribution in [3.8, 4) is 0 Å². The summed E-state index contributed by atoms with van der Waals surface area (Å²) in [6, 6.07) is 8.33. The molecule has 1 aromatic carbocycles. The van der Waals surface area contributed by atoms with Gasteiger partial charge in [-0.1, -0.05) is 26.0 Å². The molecule has 1 heterocycles. The molecule has 140 valence electrons. The molecule has 2 N–H and O–H groups in total. The molecule has 1 atom stereocenters. The highest BCUT2D eigenvalue weighted by atomic mass is 16.5. The maximum Gasteiger partial charge on any atom is 0.319 e. The van der Waals surface area contributed by atoms with E-state index in [4.69, 9.17) is 4.74 Å². The van der Waals surface area contributed by atoms with E-state index in [0.29, 0.717) is 12.6 Å². The Morgan fingerprint density at radius 3 is 2.44 bits per heavy atom. The summed E-state index contributed by atoms with van der Waals surface area (Å²) < 4.78 is 5.41. The normalized spacial score (nSPS) is 16.6. The van der Waals surface area contributed by atoms with Gasteiger partial charge in [0.25, 0.3) is 0 Å². The Morgan fingerprint density at radius 1 is 1.20 bits per heavy atom. The summed E-state index contributed by atoms with van der Waals surface area (Å²) in [4.78, 5) is 16.7. The number of nitrogens with one attached hydrogen (secondary N) is 2. The van der Waals surface area contributed by atoms with E-state index < -0.39 is 0 Å². The molecule has 0 unspecified atom stereocenters. The monoisotopic (exact) mass is 348 g/mol. The maximum atomic E-state index is 12.0. The average Bonchev–Trinajstić information content (AvgIpc) is 2.66. The van der Waals surface area contributed by atoms with Gasteiger partial charge in [-0.3, -0.25) is 4.90 Å². The Kier molecular flexibility index (Phi) is 8.18. The van der Waals surface area contributed by atoms with Gasteiger partial charge in [-0.05, 0) is 37.7 Å². The van der Waals surface area contributed by atoms with Crippen LogP contribution in [-0.4, -0.2) is 68.3 Å². The van der Waals surface area contributed by atoms with Crippen molar-refractivity contribution in [3.05, 3.63) is 29.8 Å². The number of anilines is 1. The molecule has 0 aliphatic carbocycles. The molecule has 0 saturated carbocycles. The molecule has 1 aromatic rings. The van der Waals surface area contributed by atoms with Crippen LogP contribution in [0.15, 0.2) is 24.3 Å². The lowest BCUT2D eigenvalue weighted by molar-refractivity contribution is 0.0198. The van der Waals surface area contributed by atoms with Gasteiger partial charge in [0.15, 0.2) is 0 Å². The Balaban J connectivity index is 1.78. The van der Waals surface area contributed by atoms with Gasteiger partial charge in [0.2, 0.25) is 0 Å². The fraction of sp³-hybridized carbons (Fsp3) is 0.632. The van der Waals surface area contributed by atoms with Crippen molar-refractivity contribution in [2.75, 3.05) is 57.8 Å². The van der Waals surface area contributed by atoms with Crippen LogP contribution in [0.5, 0.6) is 0 Å². The molecule has 0 radical (unpaired) electrons. The van der Waals surface area contributed by atoms with E-state index in [0.717, 1.165) is 51.6 Å². The van der Waals surface area contributed by atoms with Crippen LogP contribution in [0.2, 0.25) is 0 Å². The molecular formula is C19H32N4O2. The minimum absolute atomic E-state index is 0.152. The minimum Gasteiger partial charge on any atom is -0.379 e. The first kappa shape index (κ1) is 19.7. The molecule has 1 saturated heterocycles. The van der Waals surface area contributed by atoms with E-state index in [-0.39, 0.29) is 6.03 Å². The van der Waals surface area contributed by atoms with Crippen molar-refractivity contribution in [2.45, 2.75) is 26.8 Å². The molecular weight excluding hydrogens is 316 g/mol. The van der Waals surface area contributed by atoms with Gasteiger partial charge in [0, 0.05) is 37.9 Å². The van der Waals surface area contributed by atoms with Gasteiger partial charge in [0.05, 0.1) is 13.2 Å². The largest absolute Gasteiger partial charge is 0.379 e. The molecule has 2 rings (SSSR count). The highest BCUT2D eigenvalue weighted by molar-refractivity contribution is 5.89. The SMILES string of the molecule is CCN(CC)CCNC(=O)Nc1ccc([C@@H](C)N2CCOCC2)cc1.